The van der Waals surface area contributed by atoms with Gasteiger partial charge in [-0.15, -0.1) is 0 Å². The lowest BCUT2D eigenvalue weighted by atomic mass is 10.1. The van der Waals surface area contributed by atoms with Crippen molar-refractivity contribution in [2.45, 2.75) is 6.18 Å². The third-order valence-electron chi connectivity index (χ3n) is 1.84. The number of fused-ring (bicyclic) bond motifs is 1. The number of nitrogens with zero attached hydrogens (tertiary/aromatic N) is 1. The maximum Gasteiger partial charge on any atom is 0.418 e. The Morgan fingerprint density at radius 3 is 2.64 bits per heavy atom. The first kappa shape index (κ1) is 9.75. The van der Waals surface area contributed by atoms with Gasteiger partial charge in [0.25, 0.3) is 0 Å². The van der Waals surface area contributed by atoms with Crippen LogP contribution in [0.2, 0.25) is 0 Å². The topological polar surface area (TPSA) is 28.7 Å². The quantitative estimate of drug-likeness (QED) is 0.744. The number of para-hydroxylation sites is 1. The smallest absolute Gasteiger partial charge is 0.271 e. The van der Waals surface area contributed by atoms with E-state index in [-0.39, 0.29) is 5.52 Å². The largest absolute Gasteiger partial charge is 0.418 e. The standard InChI is InChI=1S/C8H4F3IN2/c9-8(10,11)5-3-1-2-4-6(5)13-14-7(4)12/h1-3H,(H,13,14). The van der Waals surface area contributed by atoms with E-state index in [2.05, 4.69) is 10.2 Å². The van der Waals surface area contributed by atoms with Crippen LogP contribution in [0.3, 0.4) is 0 Å². The van der Waals surface area contributed by atoms with Crippen LogP contribution < -0.4 is 0 Å². The molecule has 0 bridgehead atoms. The molecule has 2 nitrogen and oxygen atoms in total. The SMILES string of the molecule is FC(F)(F)c1cccc2c(I)[nH]nc12. The second kappa shape index (κ2) is 3.11. The minimum atomic E-state index is -4.35. The summed E-state index contributed by atoms with van der Waals surface area (Å²) in [5.41, 5.74) is -0.724. The van der Waals surface area contributed by atoms with Crippen LogP contribution in [0.15, 0.2) is 18.2 Å². The highest BCUT2D eigenvalue weighted by Crippen LogP contribution is 2.34. The first-order chi connectivity index (χ1) is 6.50. The van der Waals surface area contributed by atoms with E-state index in [1.54, 1.807) is 6.07 Å². The van der Waals surface area contributed by atoms with Crippen molar-refractivity contribution in [3.8, 4) is 0 Å². The molecule has 0 radical (unpaired) electrons. The summed E-state index contributed by atoms with van der Waals surface area (Å²) in [7, 11) is 0. The van der Waals surface area contributed by atoms with Gasteiger partial charge in [-0.05, 0) is 28.7 Å². The Hall–Kier alpha value is -0.790. The molecular weight excluding hydrogens is 308 g/mol. The van der Waals surface area contributed by atoms with Crippen molar-refractivity contribution in [3.05, 3.63) is 27.5 Å². The highest BCUT2D eigenvalue weighted by molar-refractivity contribution is 14.1. The third kappa shape index (κ3) is 1.47. The predicted molar refractivity (Wildman–Crippen MR) is 53.8 cm³/mol. The van der Waals surface area contributed by atoms with E-state index >= 15 is 0 Å². The summed E-state index contributed by atoms with van der Waals surface area (Å²) in [6.45, 7) is 0. The van der Waals surface area contributed by atoms with Crippen molar-refractivity contribution in [1.29, 1.82) is 0 Å². The summed E-state index contributed by atoms with van der Waals surface area (Å²) >= 11 is 1.91. The summed E-state index contributed by atoms with van der Waals surface area (Å²) in [5, 5.41) is 6.66. The molecule has 2 aromatic rings. The number of rotatable bonds is 0. The fourth-order valence-corrected chi connectivity index (χ4v) is 1.79. The maximum atomic E-state index is 12.5. The molecule has 0 aliphatic heterocycles. The number of benzene rings is 1. The first-order valence-electron chi connectivity index (χ1n) is 3.70. The highest BCUT2D eigenvalue weighted by Gasteiger charge is 2.33. The maximum absolute atomic E-state index is 12.5. The molecule has 0 atom stereocenters. The van der Waals surface area contributed by atoms with E-state index in [0.29, 0.717) is 9.09 Å². The molecule has 0 amide bonds. The Kier molecular flexibility index (Phi) is 2.17. The molecule has 1 aromatic carbocycles. The number of hydrogen-bond donors (Lipinski definition) is 1. The second-order valence-electron chi connectivity index (χ2n) is 2.74. The fourth-order valence-electron chi connectivity index (χ4n) is 1.24. The molecular formula is C8H4F3IN2. The zero-order valence-electron chi connectivity index (χ0n) is 6.69. The molecule has 0 aliphatic carbocycles. The van der Waals surface area contributed by atoms with Crippen LogP contribution in [-0.2, 0) is 6.18 Å². The number of hydrogen-bond acceptors (Lipinski definition) is 1. The van der Waals surface area contributed by atoms with E-state index in [0.717, 1.165) is 6.07 Å². The van der Waals surface area contributed by atoms with Crippen LogP contribution in [-0.4, -0.2) is 10.2 Å². The highest BCUT2D eigenvalue weighted by atomic mass is 127. The van der Waals surface area contributed by atoms with Gasteiger partial charge in [0.15, 0.2) is 0 Å². The van der Waals surface area contributed by atoms with Gasteiger partial charge < -0.3 is 0 Å². The van der Waals surface area contributed by atoms with Gasteiger partial charge >= 0.3 is 6.18 Å². The number of aromatic nitrogens is 2. The van der Waals surface area contributed by atoms with Gasteiger partial charge in [0.05, 0.1) is 5.56 Å². The minimum absolute atomic E-state index is 0.0237. The van der Waals surface area contributed by atoms with Crippen LogP contribution in [0.4, 0.5) is 13.2 Å². The average Bonchev–Trinajstić information content (AvgIpc) is 2.46. The molecule has 0 unspecified atom stereocenters. The molecule has 6 heteroatoms. The zero-order chi connectivity index (χ0) is 10.3. The molecule has 14 heavy (non-hydrogen) atoms. The van der Waals surface area contributed by atoms with Crippen molar-refractivity contribution < 1.29 is 13.2 Å². The van der Waals surface area contributed by atoms with Gasteiger partial charge in [0.1, 0.15) is 9.22 Å². The Bertz CT molecular complexity index is 475. The van der Waals surface area contributed by atoms with Crippen LogP contribution in [0, 0.1) is 3.70 Å². The lowest BCUT2D eigenvalue weighted by Crippen LogP contribution is -2.05. The van der Waals surface area contributed by atoms with E-state index in [4.69, 9.17) is 0 Å². The van der Waals surface area contributed by atoms with Crippen molar-refractivity contribution in [2.24, 2.45) is 0 Å². The third-order valence-corrected chi connectivity index (χ3v) is 2.67. The summed E-state index contributed by atoms with van der Waals surface area (Å²) in [4.78, 5) is 0. The van der Waals surface area contributed by atoms with Crippen molar-refractivity contribution in [2.75, 3.05) is 0 Å². The molecule has 0 fully saturated rings. The lowest BCUT2D eigenvalue weighted by molar-refractivity contribution is -0.136. The molecule has 0 saturated heterocycles. The van der Waals surface area contributed by atoms with E-state index in [1.807, 2.05) is 22.6 Å². The summed E-state index contributed by atoms with van der Waals surface area (Å²) in [6, 6.07) is 4.01. The van der Waals surface area contributed by atoms with Crippen LogP contribution in [0.25, 0.3) is 10.9 Å². The normalized spacial score (nSPS) is 12.3. The van der Waals surface area contributed by atoms with Gasteiger partial charge in [-0.1, -0.05) is 12.1 Å². The number of alkyl halides is 3. The van der Waals surface area contributed by atoms with Gasteiger partial charge in [-0.2, -0.15) is 18.3 Å². The predicted octanol–water partition coefficient (Wildman–Crippen LogP) is 3.19. The van der Waals surface area contributed by atoms with Gasteiger partial charge in [-0.25, -0.2) is 0 Å². The summed E-state index contributed by atoms with van der Waals surface area (Å²) in [6.07, 6.45) is -4.35. The number of aromatic amines is 1. The molecule has 0 saturated carbocycles. The van der Waals surface area contributed by atoms with E-state index < -0.39 is 11.7 Å². The molecule has 0 spiro atoms. The van der Waals surface area contributed by atoms with Gasteiger partial charge in [0, 0.05) is 5.39 Å². The van der Waals surface area contributed by atoms with Crippen molar-refractivity contribution in [1.82, 2.24) is 10.2 Å². The number of H-pyrrole nitrogens is 1. The molecule has 74 valence electrons. The molecule has 2 rings (SSSR count). The van der Waals surface area contributed by atoms with Crippen LogP contribution >= 0.6 is 22.6 Å². The van der Waals surface area contributed by atoms with E-state index in [1.165, 1.54) is 6.07 Å². The first-order valence-corrected chi connectivity index (χ1v) is 4.78. The lowest BCUT2D eigenvalue weighted by Gasteiger charge is -2.05. The molecule has 1 N–H and O–H groups in total. The minimum Gasteiger partial charge on any atom is -0.271 e. The van der Waals surface area contributed by atoms with Crippen molar-refractivity contribution in [3.63, 3.8) is 0 Å². The van der Waals surface area contributed by atoms with Crippen molar-refractivity contribution >= 4 is 33.5 Å². The molecule has 0 aliphatic rings. The Morgan fingerprint density at radius 2 is 2.00 bits per heavy atom. The zero-order valence-corrected chi connectivity index (χ0v) is 8.85. The monoisotopic (exact) mass is 312 g/mol. The van der Waals surface area contributed by atoms with Crippen LogP contribution in [0.5, 0.6) is 0 Å². The van der Waals surface area contributed by atoms with Crippen LogP contribution in [0.1, 0.15) is 5.56 Å². The average molecular weight is 312 g/mol. The Labute approximate surface area is 90.6 Å². The number of nitrogens with one attached hydrogen (secondary N) is 1. The Morgan fingerprint density at radius 1 is 1.29 bits per heavy atom. The number of halogens is 4. The summed E-state index contributed by atoms with van der Waals surface area (Å²) in [5.74, 6) is 0. The fraction of sp³-hybridized carbons (Fsp3) is 0.125. The molecule has 1 heterocycles. The Balaban J connectivity index is 2.79. The second-order valence-corrected chi connectivity index (χ2v) is 3.82. The molecule has 1 aromatic heterocycles. The van der Waals surface area contributed by atoms with Gasteiger partial charge in [0.2, 0.25) is 0 Å². The van der Waals surface area contributed by atoms with E-state index in [9.17, 15) is 13.2 Å². The van der Waals surface area contributed by atoms with Gasteiger partial charge in [-0.3, -0.25) is 5.10 Å². The summed E-state index contributed by atoms with van der Waals surface area (Å²) < 4.78 is 38.0.